The Bertz CT molecular complexity index is 2570. The number of morpholine rings is 2. The Morgan fingerprint density at radius 2 is 1.07 bits per heavy atom. The molecule has 2 aromatic carbocycles. The minimum absolute atomic E-state index is 0.209. The SMILES string of the molecule is CCNC(=O)Nc1ccc(-c2nc3c(c(N4CCOCC4)n2)CN(c2ncccn2)C3)cc1.CCNC(=O)Nc1ccc(-c2nc3c(c(N4CCOCC4)n2)CNC3)cc1.Clc1ncccn1. The smallest absolute Gasteiger partial charge is 0.319 e. The van der Waals surface area contributed by atoms with Crippen LogP contribution in [0.15, 0.2) is 85.5 Å². The van der Waals surface area contributed by atoms with Crippen LogP contribution in [0, 0.1) is 0 Å². The normalized spacial score (nSPS) is 14.9. The first kappa shape index (κ1) is 46.4. The van der Waals surface area contributed by atoms with E-state index >= 15 is 0 Å². The highest BCUT2D eigenvalue weighted by molar-refractivity contribution is 6.28. The predicted octanol–water partition coefficient (Wildman–Crippen LogP) is 5.29. The summed E-state index contributed by atoms with van der Waals surface area (Å²) in [5.74, 6) is 4.01. The highest BCUT2D eigenvalue weighted by atomic mass is 35.5. The van der Waals surface area contributed by atoms with Crippen molar-refractivity contribution in [1.29, 1.82) is 0 Å². The molecule has 6 aromatic rings. The van der Waals surface area contributed by atoms with Crippen molar-refractivity contribution >= 4 is 52.6 Å². The number of nitrogens with zero attached hydrogens (tertiary/aromatic N) is 11. The molecule has 0 spiro atoms. The molecular formula is C46H53ClN16O4. The number of amides is 4. The molecule has 21 heteroatoms. The van der Waals surface area contributed by atoms with Crippen LogP contribution < -0.4 is 41.3 Å². The molecule has 0 saturated carbocycles. The number of halogens is 1. The lowest BCUT2D eigenvalue weighted by Gasteiger charge is -2.29. The minimum Gasteiger partial charge on any atom is -0.378 e. The lowest BCUT2D eigenvalue weighted by molar-refractivity contribution is 0.122. The van der Waals surface area contributed by atoms with E-state index in [2.05, 4.69) is 61.2 Å². The monoisotopic (exact) mass is 928 g/mol. The van der Waals surface area contributed by atoms with Gasteiger partial charge in [0, 0.05) is 111 Å². The zero-order valence-electron chi connectivity index (χ0n) is 37.4. The van der Waals surface area contributed by atoms with Crippen molar-refractivity contribution in [3.63, 3.8) is 0 Å². The number of carbonyl (C=O) groups excluding carboxylic acids is 2. The molecule has 2 saturated heterocycles. The zero-order chi connectivity index (χ0) is 46.4. The van der Waals surface area contributed by atoms with E-state index in [9.17, 15) is 9.59 Å². The van der Waals surface area contributed by atoms with Crippen LogP contribution in [-0.2, 0) is 35.7 Å². The van der Waals surface area contributed by atoms with Crippen molar-refractivity contribution in [3.05, 3.63) is 113 Å². The lowest BCUT2D eigenvalue weighted by atomic mass is 10.1. The predicted molar refractivity (Wildman–Crippen MR) is 256 cm³/mol. The Labute approximate surface area is 393 Å². The van der Waals surface area contributed by atoms with Crippen molar-refractivity contribution in [2.45, 2.75) is 40.0 Å². The molecule has 0 radical (unpaired) electrons. The van der Waals surface area contributed by atoms with Crippen molar-refractivity contribution in [2.24, 2.45) is 0 Å². The van der Waals surface area contributed by atoms with E-state index in [0.717, 1.165) is 97.9 Å². The molecule has 8 heterocycles. The molecule has 20 nitrogen and oxygen atoms in total. The quantitative estimate of drug-likeness (QED) is 0.116. The number of fused-ring (bicyclic) bond motifs is 2. The van der Waals surface area contributed by atoms with E-state index in [4.69, 9.17) is 41.0 Å². The van der Waals surface area contributed by atoms with Crippen LogP contribution in [0.25, 0.3) is 22.8 Å². The van der Waals surface area contributed by atoms with Crippen molar-refractivity contribution in [3.8, 4) is 22.8 Å². The van der Waals surface area contributed by atoms with Gasteiger partial charge in [0.15, 0.2) is 11.6 Å². The summed E-state index contributed by atoms with van der Waals surface area (Å²) >= 11 is 5.32. The summed E-state index contributed by atoms with van der Waals surface area (Å²) < 4.78 is 11.0. The maximum absolute atomic E-state index is 11.8. The van der Waals surface area contributed by atoms with Gasteiger partial charge in [-0.15, -0.1) is 0 Å². The number of urea groups is 2. The summed E-state index contributed by atoms with van der Waals surface area (Å²) in [4.78, 5) is 65.7. The average Bonchev–Trinajstić information content (AvgIpc) is 4.04. The number of aromatic nitrogens is 8. The third-order valence-electron chi connectivity index (χ3n) is 10.9. The number of nitrogens with one attached hydrogen (secondary N) is 5. The number of hydrogen-bond donors (Lipinski definition) is 5. The van der Waals surface area contributed by atoms with E-state index in [1.807, 2.05) is 68.4 Å². The molecule has 4 aliphatic rings. The average molecular weight is 929 g/mol. The summed E-state index contributed by atoms with van der Waals surface area (Å²) in [7, 11) is 0. The van der Waals surface area contributed by atoms with Crippen LogP contribution in [0.5, 0.6) is 0 Å². The fourth-order valence-corrected chi connectivity index (χ4v) is 7.79. The molecule has 4 aliphatic heterocycles. The first-order valence-corrected chi connectivity index (χ1v) is 22.6. The Kier molecular flexibility index (Phi) is 15.8. The Hall–Kier alpha value is -7.13. The maximum Gasteiger partial charge on any atom is 0.319 e. The fraction of sp³-hybridized carbons (Fsp3) is 0.348. The van der Waals surface area contributed by atoms with Crippen molar-refractivity contribution in [2.75, 3.05) is 91.0 Å². The molecule has 67 heavy (non-hydrogen) atoms. The van der Waals surface area contributed by atoms with Gasteiger partial charge < -0.3 is 50.8 Å². The maximum atomic E-state index is 11.8. The molecule has 0 atom stereocenters. The second kappa shape index (κ2) is 22.9. The second-order valence-electron chi connectivity index (χ2n) is 15.4. The number of benzene rings is 2. The minimum atomic E-state index is -0.225. The highest BCUT2D eigenvalue weighted by Gasteiger charge is 2.30. The third-order valence-corrected chi connectivity index (χ3v) is 11.1. The largest absolute Gasteiger partial charge is 0.378 e. The molecule has 4 amide bonds. The molecule has 4 aromatic heterocycles. The second-order valence-corrected chi connectivity index (χ2v) is 15.8. The van der Waals surface area contributed by atoms with Gasteiger partial charge >= 0.3 is 12.1 Å². The van der Waals surface area contributed by atoms with Gasteiger partial charge in [-0.1, -0.05) is 0 Å². The number of carbonyl (C=O) groups is 2. The van der Waals surface area contributed by atoms with Gasteiger partial charge in [-0.05, 0) is 86.1 Å². The van der Waals surface area contributed by atoms with Gasteiger partial charge in [0.1, 0.15) is 11.6 Å². The number of hydrogen-bond acceptors (Lipinski definition) is 16. The molecular weight excluding hydrogens is 876 g/mol. The van der Waals surface area contributed by atoms with E-state index in [-0.39, 0.29) is 12.1 Å². The van der Waals surface area contributed by atoms with Gasteiger partial charge in [0.25, 0.3) is 0 Å². The van der Waals surface area contributed by atoms with Crippen LogP contribution in [-0.4, -0.2) is 118 Å². The fourth-order valence-electron chi connectivity index (χ4n) is 7.67. The number of ether oxygens (including phenoxy) is 2. The van der Waals surface area contributed by atoms with Crippen molar-refractivity contribution < 1.29 is 19.1 Å². The molecule has 10 rings (SSSR count). The third kappa shape index (κ3) is 12.2. The van der Waals surface area contributed by atoms with E-state index < -0.39 is 0 Å². The first-order valence-electron chi connectivity index (χ1n) is 22.3. The van der Waals surface area contributed by atoms with Gasteiger partial charge in [0.05, 0.1) is 50.9 Å². The van der Waals surface area contributed by atoms with E-state index in [1.54, 1.807) is 30.9 Å². The zero-order valence-corrected chi connectivity index (χ0v) is 38.2. The summed E-state index contributed by atoms with van der Waals surface area (Å²) in [6.45, 7) is 13.9. The Balaban J connectivity index is 0.000000161. The summed E-state index contributed by atoms with van der Waals surface area (Å²) in [5, 5.41) is 14.7. The highest BCUT2D eigenvalue weighted by Crippen LogP contribution is 2.34. The lowest BCUT2D eigenvalue weighted by Crippen LogP contribution is -2.37. The molecule has 348 valence electrons. The standard InChI is InChI=1S/C23H26N8O2.C19H24N6O2.C4H3ClN2/c1-2-24-23(32)27-17-6-4-16(5-7-17)20-28-19-15-31(22-25-8-3-9-26-22)14-18(19)21(29-20)30-10-12-33-13-11-30;1-2-21-19(26)22-14-5-3-13(4-6-14)17-23-16-12-20-11-15(16)18(24-17)25-7-9-27-10-8-25;5-4-6-2-1-3-7-4/h3-9H,2,10-15H2,1H3,(H2,24,27,32);3-6,20H,2,7-12H2,1H3,(H2,21,22,26);1-3H. The van der Waals surface area contributed by atoms with Gasteiger partial charge in [-0.3, -0.25) is 0 Å². The van der Waals surface area contributed by atoms with Crippen LogP contribution in [0.2, 0.25) is 5.28 Å². The Morgan fingerprint density at radius 3 is 1.55 bits per heavy atom. The van der Waals surface area contributed by atoms with Crippen LogP contribution in [0.3, 0.4) is 0 Å². The Morgan fingerprint density at radius 1 is 0.597 bits per heavy atom. The summed E-state index contributed by atoms with van der Waals surface area (Å²) in [6.07, 6.45) is 6.69. The summed E-state index contributed by atoms with van der Waals surface area (Å²) in [5.41, 5.74) is 7.62. The van der Waals surface area contributed by atoms with Gasteiger partial charge in [0.2, 0.25) is 11.2 Å². The van der Waals surface area contributed by atoms with E-state index in [1.165, 1.54) is 5.56 Å². The summed E-state index contributed by atoms with van der Waals surface area (Å²) in [6, 6.07) is 18.3. The van der Waals surface area contributed by atoms with E-state index in [0.29, 0.717) is 68.0 Å². The number of anilines is 5. The van der Waals surface area contributed by atoms with Crippen LogP contribution in [0.4, 0.5) is 38.5 Å². The topological polar surface area (TPSA) is 226 Å². The molecule has 2 fully saturated rings. The molecule has 0 bridgehead atoms. The van der Waals surface area contributed by atoms with Gasteiger partial charge in [-0.25, -0.2) is 49.5 Å². The first-order chi connectivity index (χ1) is 32.8. The molecule has 0 aliphatic carbocycles. The van der Waals surface area contributed by atoms with Crippen molar-refractivity contribution in [1.82, 2.24) is 55.8 Å². The molecule has 5 N–H and O–H groups in total. The number of rotatable bonds is 9. The van der Waals surface area contributed by atoms with Crippen LogP contribution >= 0.6 is 11.6 Å². The van der Waals surface area contributed by atoms with Crippen LogP contribution in [0.1, 0.15) is 36.4 Å². The van der Waals surface area contributed by atoms with Gasteiger partial charge in [-0.2, -0.15) is 0 Å². The molecule has 0 unspecified atom stereocenters.